The number of rotatable bonds is 7. The Morgan fingerprint density at radius 1 is 1.00 bits per heavy atom. The molecule has 0 rings (SSSR count). The molecule has 0 unspecified atom stereocenters. The van der Waals surface area contributed by atoms with E-state index in [4.69, 9.17) is 19.9 Å². The van der Waals surface area contributed by atoms with Gasteiger partial charge in [-0.2, -0.15) is 8.42 Å². The molecule has 0 aromatic carbocycles. The van der Waals surface area contributed by atoms with E-state index in [9.17, 15) is 8.42 Å². The molecule has 0 spiro atoms. The van der Waals surface area contributed by atoms with E-state index in [-0.39, 0.29) is 19.8 Å². The molecule has 9 heteroatoms. The molecule has 0 saturated carbocycles. The van der Waals surface area contributed by atoms with Crippen molar-refractivity contribution in [3.8, 4) is 0 Å². The van der Waals surface area contributed by atoms with Gasteiger partial charge in [0.15, 0.2) is 0 Å². The third-order valence-corrected chi connectivity index (χ3v) is 1.88. The molecule has 0 aliphatic carbocycles. The highest BCUT2D eigenvalue weighted by atomic mass is 32.3. The van der Waals surface area contributed by atoms with Gasteiger partial charge >= 0.3 is 10.4 Å². The van der Waals surface area contributed by atoms with Gasteiger partial charge in [-0.3, -0.25) is 13.6 Å². The second kappa shape index (κ2) is 11.2. The topological polar surface area (TPSA) is 128 Å². The quantitative estimate of drug-likeness (QED) is 0.377. The number of hydrogen-bond acceptors (Lipinski definition) is 7. The molecule has 0 radical (unpaired) electrons. The molecule has 16 heavy (non-hydrogen) atoms. The van der Waals surface area contributed by atoms with Crippen LogP contribution in [0.15, 0.2) is 0 Å². The minimum atomic E-state index is -4.16. The molecule has 0 amide bonds. The van der Waals surface area contributed by atoms with Crippen LogP contribution < -0.4 is 0 Å². The van der Waals surface area contributed by atoms with Crippen molar-refractivity contribution in [3.05, 3.63) is 0 Å². The lowest BCUT2D eigenvalue weighted by molar-refractivity contribution is 0.136. The van der Waals surface area contributed by atoms with E-state index in [1.807, 2.05) is 0 Å². The Hall–Kier alpha value is -0.290. The van der Waals surface area contributed by atoms with Crippen LogP contribution in [0.2, 0.25) is 0 Å². The lowest BCUT2D eigenvalue weighted by Gasteiger charge is -2.17. The molecule has 0 fully saturated rings. The molecule has 0 heterocycles. The molecular weight excluding hydrogens is 242 g/mol. The van der Waals surface area contributed by atoms with Crippen LogP contribution in [0.3, 0.4) is 0 Å². The van der Waals surface area contributed by atoms with Gasteiger partial charge in [-0.05, 0) is 0 Å². The second-order valence-electron chi connectivity index (χ2n) is 2.61. The highest BCUT2D eigenvalue weighted by molar-refractivity contribution is 7.80. The van der Waals surface area contributed by atoms with Crippen LogP contribution >= 0.6 is 0 Å². The van der Waals surface area contributed by atoms with Crippen LogP contribution in [0.25, 0.3) is 0 Å². The average molecular weight is 261 g/mol. The first-order chi connectivity index (χ1) is 7.41. The van der Waals surface area contributed by atoms with E-state index in [0.717, 1.165) is 7.11 Å². The van der Waals surface area contributed by atoms with Gasteiger partial charge in [-0.25, -0.2) is 0 Å². The fourth-order valence-corrected chi connectivity index (χ4v) is 0.760. The van der Waals surface area contributed by atoms with Crippen LogP contribution in [-0.2, 0) is 14.6 Å². The summed E-state index contributed by atoms with van der Waals surface area (Å²) in [6.45, 7) is 1.75. The maximum absolute atomic E-state index is 9.33. The second-order valence-corrected chi connectivity index (χ2v) is 3.80. The number of hydrogen-bond donors (Lipinski definition) is 4. The lowest BCUT2D eigenvalue weighted by atomic mass is 10.4. The summed E-state index contributed by atoms with van der Waals surface area (Å²) in [7, 11) is -3.29. The van der Waals surface area contributed by atoms with E-state index in [1.54, 1.807) is 4.90 Å². The fraction of sp³-hybridized carbons (Fsp3) is 1.00. The van der Waals surface area contributed by atoms with Gasteiger partial charge in [0, 0.05) is 19.6 Å². The lowest BCUT2D eigenvalue weighted by Crippen LogP contribution is -2.32. The van der Waals surface area contributed by atoms with Gasteiger partial charge in [0.2, 0.25) is 0 Å². The fourth-order valence-electron chi connectivity index (χ4n) is 0.760. The minimum Gasteiger partial charge on any atom is -0.395 e. The Labute approximate surface area is 95.0 Å². The molecule has 0 aliphatic heterocycles. The van der Waals surface area contributed by atoms with E-state index in [2.05, 4.69) is 4.18 Å². The summed E-state index contributed by atoms with van der Waals surface area (Å²) < 4.78 is 29.7. The van der Waals surface area contributed by atoms with Gasteiger partial charge in [-0.15, -0.1) is 0 Å². The number of aliphatic hydroxyl groups is 3. The predicted molar refractivity (Wildman–Crippen MR) is 56.3 cm³/mol. The average Bonchev–Trinajstić information content (AvgIpc) is 2.19. The summed E-state index contributed by atoms with van der Waals surface area (Å²) in [4.78, 5) is 1.79. The summed E-state index contributed by atoms with van der Waals surface area (Å²) in [5.41, 5.74) is 0. The Morgan fingerprint density at radius 2 is 1.25 bits per heavy atom. The zero-order chi connectivity index (χ0) is 13.0. The van der Waals surface area contributed by atoms with E-state index >= 15 is 0 Å². The zero-order valence-corrected chi connectivity index (χ0v) is 9.93. The summed E-state index contributed by atoms with van der Waals surface area (Å²) in [5, 5.41) is 25.5. The molecule has 0 atom stereocenters. The third-order valence-electron chi connectivity index (χ3n) is 1.46. The largest absolute Gasteiger partial charge is 0.397 e. The smallest absolute Gasteiger partial charge is 0.395 e. The third kappa shape index (κ3) is 16.2. The number of aliphatic hydroxyl groups excluding tert-OH is 3. The van der Waals surface area contributed by atoms with Gasteiger partial charge in [0.05, 0.1) is 26.9 Å². The van der Waals surface area contributed by atoms with Crippen LogP contribution in [0.1, 0.15) is 0 Å². The number of nitrogens with zero attached hydrogens (tertiary/aromatic N) is 1. The predicted octanol–water partition coefficient (Wildman–Crippen LogP) is -2.30. The molecule has 8 nitrogen and oxygen atoms in total. The Bertz CT molecular complexity index is 217. The van der Waals surface area contributed by atoms with E-state index < -0.39 is 10.4 Å². The van der Waals surface area contributed by atoms with Crippen LogP contribution in [-0.4, -0.2) is 79.8 Å². The van der Waals surface area contributed by atoms with Crippen molar-refractivity contribution in [2.45, 2.75) is 0 Å². The van der Waals surface area contributed by atoms with Gasteiger partial charge in [0.25, 0.3) is 0 Å². The highest BCUT2D eigenvalue weighted by Crippen LogP contribution is 1.84. The van der Waals surface area contributed by atoms with Crippen LogP contribution in [0.4, 0.5) is 0 Å². The van der Waals surface area contributed by atoms with Crippen molar-refractivity contribution in [2.75, 3.05) is 46.6 Å². The summed E-state index contributed by atoms with van der Waals surface area (Å²) >= 11 is 0. The van der Waals surface area contributed by atoms with E-state index in [0.29, 0.717) is 19.6 Å². The van der Waals surface area contributed by atoms with Crippen molar-refractivity contribution in [2.24, 2.45) is 0 Å². The van der Waals surface area contributed by atoms with Crippen molar-refractivity contribution < 1.29 is 32.5 Å². The molecule has 0 bridgehead atoms. The van der Waals surface area contributed by atoms with Crippen molar-refractivity contribution in [1.29, 1.82) is 0 Å². The maximum Gasteiger partial charge on any atom is 0.397 e. The first-order valence-electron chi connectivity index (χ1n) is 4.49. The van der Waals surface area contributed by atoms with Crippen LogP contribution in [0, 0.1) is 0 Å². The standard InChI is InChI=1S/C6H15NO3.CH4O4S/c8-4-1-7(2-5-9)3-6-10;1-5-6(2,3)4/h8-10H,1-6H2;1H3,(H,2,3,4). The molecule has 0 aromatic heterocycles. The van der Waals surface area contributed by atoms with E-state index in [1.165, 1.54) is 0 Å². The first-order valence-corrected chi connectivity index (χ1v) is 5.85. The zero-order valence-electron chi connectivity index (χ0n) is 9.11. The highest BCUT2D eigenvalue weighted by Gasteiger charge is 2.00. The Balaban J connectivity index is 0. The van der Waals surface area contributed by atoms with Gasteiger partial charge < -0.3 is 15.3 Å². The van der Waals surface area contributed by atoms with Crippen molar-refractivity contribution in [3.63, 3.8) is 0 Å². The first kappa shape index (κ1) is 18.1. The molecule has 0 aromatic rings. The Morgan fingerprint density at radius 3 is 1.38 bits per heavy atom. The van der Waals surface area contributed by atoms with Crippen molar-refractivity contribution in [1.82, 2.24) is 4.90 Å². The monoisotopic (exact) mass is 261 g/mol. The molecule has 4 N–H and O–H groups in total. The molecule has 100 valence electrons. The maximum atomic E-state index is 9.33. The van der Waals surface area contributed by atoms with Crippen LogP contribution in [0.5, 0.6) is 0 Å². The van der Waals surface area contributed by atoms with Crippen molar-refractivity contribution >= 4 is 10.4 Å². The Kier molecular flexibility index (Phi) is 12.7. The molecule has 0 aliphatic rings. The van der Waals surface area contributed by atoms with Gasteiger partial charge in [0.1, 0.15) is 0 Å². The minimum absolute atomic E-state index is 0.0694. The normalized spacial score (nSPS) is 11.1. The van der Waals surface area contributed by atoms with Gasteiger partial charge in [-0.1, -0.05) is 0 Å². The summed E-state index contributed by atoms with van der Waals surface area (Å²) in [5.74, 6) is 0. The molecule has 0 saturated heterocycles. The SMILES string of the molecule is COS(=O)(=O)O.OCCN(CCO)CCO. The molecular formula is C7H19NO7S. The summed E-state index contributed by atoms with van der Waals surface area (Å²) in [6, 6.07) is 0. The summed E-state index contributed by atoms with van der Waals surface area (Å²) in [6.07, 6.45) is 0.